The molecule has 0 radical (unpaired) electrons. The van der Waals surface area contributed by atoms with Gasteiger partial charge in [0.05, 0.1) is 5.02 Å². The Balaban J connectivity index is 2.40. The van der Waals surface area contributed by atoms with Gasteiger partial charge >= 0.3 is 0 Å². The maximum absolute atomic E-state index is 6.29. The molecule has 0 aliphatic carbocycles. The molecule has 1 unspecified atom stereocenters. The van der Waals surface area contributed by atoms with E-state index in [-0.39, 0.29) is 0 Å². The summed E-state index contributed by atoms with van der Waals surface area (Å²) in [6.07, 6.45) is 0.907. The summed E-state index contributed by atoms with van der Waals surface area (Å²) in [6, 6.07) is 8.08. The van der Waals surface area contributed by atoms with Crippen molar-refractivity contribution in [2.75, 3.05) is 6.54 Å². The fourth-order valence-electron chi connectivity index (χ4n) is 1.74. The molecule has 2 aromatic rings. The number of halogens is 1. The van der Waals surface area contributed by atoms with E-state index in [2.05, 4.69) is 11.9 Å². The summed E-state index contributed by atoms with van der Waals surface area (Å²) in [5.41, 5.74) is 7.80. The molecule has 0 fully saturated rings. The number of para-hydroxylation sites is 1. The number of aromatic nitrogens is 1. The molecule has 0 spiro atoms. The summed E-state index contributed by atoms with van der Waals surface area (Å²) in [7, 11) is 0. The molecule has 1 aromatic heterocycles. The van der Waals surface area contributed by atoms with Crippen molar-refractivity contribution in [1.82, 2.24) is 4.98 Å². The van der Waals surface area contributed by atoms with E-state index in [1.807, 2.05) is 24.3 Å². The summed E-state index contributed by atoms with van der Waals surface area (Å²) < 4.78 is 0. The zero-order valence-electron chi connectivity index (χ0n) is 8.76. The molecule has 15 heavy (non-hydrogen) atoms. The number of H-pyrrole nitrogens is 1. The van der Waals surface area contributed by atoms with Crippen LogP contribution in [-0.4, -0.2) is 11.5 Å². The first kappa shape index (κ1) is 10.5. The predicted molar refractivity (Wildman–Crippen MR) is 65.2 cm³/mol. The Morgan fingerprint density at radius 3 is 2.80 bits per heavy atom. The van der Waals surface area contributed by atoms with Crippen molar-refractivity contribution >= 4 is 22.5 Å². The molecule has 0 aliphatic heterocycles. The van der Waals surface area contributed by atoms with Crippen molar-refractivity contribution < 1.29 is 0 Å². The molecule has 80 valence electrons. The summed E-state index contributed by atoms with van der Waals surface area (Å²) in [4.78, 5) is 3.34. The molecule has 0 saturated heterocycles. The molecule has 1 heterocycles. The summed E-state index contributed by atoms with van der Waals surface area (Å²) in [6.45, 7) is 2.81. The zero-order chi connectivity index (χ0) is 10.8. The van der Waals surface area contributed by atoms with Crippen molar-refractivity contribution in [1.29, 1.82) is 0 Å². The van der Waals surface area contributed by atoms with Crippen LogP contribution in [0.2, 0.25) is 5.02 Å². The molecule has 2 rings (SSSR count). The highest BCUT2D eigenvalue weighted by Crippen LogP contribution is 2.28. The summed E-state index contributed by atoms with van der Waals surface area (Å²) in [5, 5.41) is 1.93. The Bertz CT molecular complexity index is 462. The monoisotopic (exact) mass is 222 g/mol. The topological polar surface area (TPSA) is 41.8 Å². The lowest BCUT2D eigenvalue weighted by atomic mass is 10.1. The van der Waals surface area contributed by atoms with Crippen LogP contribution < -0.4 is 5.73 Å². The second-order valence-electron chi connectivity index (χ2n) is 4.01. The van der Waals surface area contributed by atoms with Crippen LogP contribution in [0.15, 0.2) is 24.3 Å². The van der Waals surface area contributed by atoms with E-state index < -0.39 is 0 Å². The van der Waals surface area contributed by atoms with Gasteiger partial charge in [-0.3, -0.25) is 0 Å². The average Bonchev–Trinajstić information content (AvgIpc) is 2.57. The molecule has 3 N–H and O–H groups in total. The number of rotatable bonds is 3. The van der Waals surface area contributed by atoms with E-state index in [1.165, 1.54) is 0 Å². The molecule has 0 amide bonds. The van der Waals surface area contributed by atoms with Crippen LogP contribution in [0.5, 0.6) is 0 Å². The minimum Gasteiger partial charge on any atom is -0.357 e. The van der Waals surface area contributed by atoms with Crippen molar-refractivity contribution in [2.45, 2.75) is 13.3 Å². The van der Waals surface area contributed by atoms with Gasteiger partial charge in [-0.25, -0.2) is 0 Å². The van der Waals surface area contributed by atoms with E-state index in [9.17, 15) is 0 Å². The van der Waals surface area contributed by atoms with Crippen LogP contribution >= 0.6 is 11.6 Å². The van der Waals surface area contributed by atoms with Gasteiger partial charge in [0.1, 0.15) is 0 Å². The molecule has 3 heteroatoms. The number of nitrogens with one attached hydrogen (secondary N) is 1. The number of nitrogens with two attached hydrogens (primary N) is 1. The van der Waals surface area contributed by atoms with E-state index in [1.54, 1.807) is 0 Å². The third kappa shape index (κ3) is 2.01. The quantitative estimate of drug-likeness (QED) is 0.824. The van der Waals surface area contributed by atoms with Crippen LogP contribution in [0, 0.1) is 5.92 Å². The van der Waals surface area contributed by atoms with E-state index in [4.69, 9.17) is 17.3 Å². The lowest BCUT2D eigenvalue weighted by Gasteiger charge is -2.06. The van der Waals surface area contributed by atoms with Crippen LogP contribution in [0.25, 0.3) is 10.9 Å². The Hall–Kier alpha value is -0.990. The largest absolute Gasteiger partial charge is 0.357 e. The minimum absolute atomic E-state index is 0.454. The Morgan fingerprint density at radius 1 is 1.40 bits per heavy atom. The highest BCUT2D eigenvalue weighted by Gasteiger charge is 2.10. The zero-order valence-corrected chi connectivity index (χ0v) is 9.51. The van der Waals surface area contributed by atoms with Gasteiger partial charge in [0, 0.05) is 16.6 Å². The minimum atomic E-state index is 0.454. The molecule has 0 saturated carbocycles. The van der Waals surface area contributed by atoms with Crippen LogP contribution in [0.3, 0.4) is 0 Å². The molecule has 1 atom stereocenters. The number of aromatic amines is 1. The van der Waals surface area contributed by atoms with Crippen LogP contribution in [0.1, 0.15) is 12.6 Å². The van der Waals surface area contributed by atoms with Crippen molar-refractivity contribution in [3.05, 3.63) is 35.0 Å². The van der Waals surface area contributed by atoms with Crippen molar-refractivity contribution in [3.8, 4) is 0 Å². The number of hydrogen-bond acceptors (Lipinski definition) is 1. The number of fused-ring (bicyclic) bond motifs is 1. The van der Waals surface area contributed by atoms with Gasteiger partial charge in [-0.15, -0.1) is 0 Å². The van der Waals surface area contributed by atoms with Gasteiger partial charge < -0.3 is 10.7 Å². The highest BCUT2D eigenvalue weighted by molar-refractivity contribution is 6.36. The Kier molecular flexibility index (Phi) is 2.98. The maximum atomic E-state index is 6.29. The van der Waals surface area contributed by atoms with Gasteiger partial charge in [0.15, 0.2) is 0 Å². The van der Waals surface area contributed by atoms with Gasteiger partial charge in [-0.1, -0.05) is 36.7 Å². The highest BCUT2D eigenvalue weighted by atomic mass is 35.5. The van der Waals surface area contributed by atoms with Gasteiger partial charge in [-0.05, 0) is 24.9 Å². The van der Waals surface area contributed by atoms with E-state index >= 15 is 0 Å². The van der Waals surface area contributed by atoms with Crippen LogP contribution in [0.4, 0.5) is 0 Å². The van der Waals surface area contributed by atoms with Crippen molar-refractivity contribution in [3.63, 3.8) is 0 Å². The predicted octanol–water partition coefficient (Wildman–Crippen LogP) is 2.96. The number of benzene rings is 1. The van der Waals surface area contributed by atoms with Crippen molar-refractivity contribution in [2.24, 2.45) is 11.7 Å². The lowest BCUT2D eigenvalue weighted by molar-refractivity contribution is 0.587. The van der Waals surface area contributed by atoms with E-state index in [0.717, 1.165) is 28.0 Å². The standard InChI is InChI=1S/C12H15ClN2/c1-8(7-14)6-11-12(13)9-4-2-3-5-10(9)15-11/h2-5,8,15H,6-7,14H2,1H3. The first-order valence-electron chi connectivity index (χ1n) is 5.17. The average molecular weight is 223 g/mol. The fraction of sp³-hybridized carbons (Fsp3) is 0.333. The van der Waals surface area contributed by atoms with Crippen LogP contribution in [-0.2, 0) is 6.42 Å². The molecule has 1 aromatic carbocycles. The summed E-state index contributed by atoms with van der Waals surface area (Å²) >= 11 is 6.29. The fourth-order valence-corrected chi connectivity index (χ4v) is 2.03. The van der Waals surface area contributed by atoms with Gasteiger partial charge in [-0.2, -0.15) is 0 Å². The third-order valence-corrected chi connectivity index (χ3v) is 3.10. The molecule has 0 aliphatic rings. The molecular weight excluding hydrogens is 208 g/mol. The lowest BCUT2D eigenvalue weighted by Crippen LogP contribution is -2.13. The molecular formula is C12H15ClN2. The maximum Gasteiger partial charge on any atom is 0.0691 e. The Labute approximate surface area is 94.4 Å². The first-order valence-corrected chi connectivity index (χ1v) is 5.55. The second-order valence-corrected chi connectivity index (χ2v) is 4.39. The van der Waals surface area contributed by atoms with Gasteiger partial charge in [0.25, 0.3) is 0 Å². The molecule has 0 bridgehead atoms. The number of hydrogen-bond donors (Lipinski definition) is 2. The van der Waals surface area contributed by atoms with Gasteiger partial charge in [0.2, 0.25) is 0 Å². The third-order valence-electron chi connectivity index (χ3n) is 2.67. The summed E-state index contributed by atoms with van der Waals surface area (Å²) in [5.74, 6) is 0.454. The van der Waals surface area contributed by atoms with E-state index in [0.29, 0.717) is 12.5 Å². The normalized spacial score (nSPS) is 13.3. The Morgan fingerprint density at radius 2 is 2.13 bits per heavy atom. The first-order chi connectivity index (χ1) is 7.22. The smallest absolute Gasteiger partial charge is 0.0691 e. The second kappa shape index (κ2) is 4.25. The SMILES string of the molecule is CC(CN)Cc1[nH]c2ccccc2c1Cl. The molecule has 2 nitrogen and oxygen atoms in total.